The fourth-order valence-electron chi connectivity index (χ4n) is 3.63. The first-order valence-electron chi connectivity index (χ1n) is 9.01. The second-order valence-corrected chi connectivity index (χ2v) is 6.70. The van der Waals surface area contributed by atoms with Gasteiger partial charge in [0.15, 0.2) is 0 Å². The topological polar surface area (TPSA) is 111 Å². The number of aromatic amines is 1. The number of primary amides is 1. The number of amides is 1. The van der Waals surface area contributed by atoms with Gasteiger partial charge in [-0.15, -0.1) is 0 Å². The zero-order chi connectivity index (χ0) is 20.9. The van der Waals surface area contributed by atoms with Gasteiger partial charge in [-0.1, -0.05) is 11.2 Å². The van der Waals surface area contributed by atoms with Crippen LogP contribution in [0.25, 0.3) is 32.9 Å². The summed E-state index contributed by atoms with van der Waals surface area (Å²) in [4.78, 5) is 27.2. The fourth-order valence-corrected chi connectivity index (χ4v) is 3.63. The molecular weight excluding hydrogens is 377 g/mol. The van der Waals surface area contributed by atoms with Crippen LogP contribution in [0, 0.1) is 19.7 Å². The summed E-state index contributed by atoms with van der Waals surface area (Å²) >= 11 is 0. The van der Waals surface area contributed by atoms with Crippen LogP contribution in [0.2, 0.25) is 0 Å². The Balaban J connectivity index is 2.07. The van der Waals surface area contributed by atoms with Gasteiger partial charge in [0.05, 0.1) is 34.5 Å². The maximum atomic E-state index is 15.6. The van der Waals surface area contributed by atoms with Crippen LogP contribution in [0.5, 0.6) is 0 Å². The van der Waals surface area contributed by atoms with Crippen LogP contribution in [0.15, 0.2) is 28.8 Å². The van der Waals surface area contributed by atoms with Crippen LogP contribution < -0.4 is 5.73 Å². The SMILES string of the molecule is CCOC(=O)c1ccc2c(c1)[nH]c1c(C(N)=O)cc(-c3c(C)noc3C)c(F)c12. The first kappa shape index (κ1) is 18.7. The molecule has 0 saturated heterocycles. The number of esters is 1. The molecule has 0 unspecified atom stereocenters. The summed E-state index contributed by atoms with van der Waals surface area (Å²) in [7, 11) is 0. The van der Waals surface area contributed by atoms with Crippen molar-refractivity contribution < 1.29 is 23.2 Å². The van der Waals surface area contributed by atoms with Crippen molar-refractivity contribution >= 4 is 33.7 Å². The van der Waals surface area contributed by atoms with Gasteiger partial charge in [-0.2, -0.15) is 0 Å². The average molecular weight is 395 g/mol. The minimum absolute atomic E-state index is 0.130. The predicted octanol–water partition coefficient (Wildman–Crippen LogP) is 4.01. The van der Waals surface area contributed by atoms with Gasteiger partial charge in [0.1, 0.15) is 11.6 Å². The number of nitrogens with zero attached hydrogens (tertiary/aromatic N) is 1. The van der Waals surface area contributed by atoms with Crippen molar-refractivity contribution in [3.8, 4) is 11.1 Å². The largest absolute Gasteiger partial charge is 0.462 e. The van der Waals surface area contributed by atoms with Gasteiger partial charge < -0.3 is 20.0 Å². The summed E-state index contributed by atoms with van der Waals surface area (Å²) in [5, 5.41) is 4.59. The molecule has 4 rings (SSSR count). The zero-order valence-corrected chi connectivity index (χ0v) is 16.1. The molecule has 2 aromatic heterocycles. The molecule has 2 heterocycles. The van der Waals surface area contributed by atoms with Gasteiger partial charge >= 0.3 is 5.97 Å². The highest BCUT2D eigenvalue weighted by atomic mass is 19.1. The lowest BCUT2D eigenvalue weighted by Crippen LogP contribution is -2.12. The van der Waals surface area contributed by atoms with Crippen LogP contribution in [0.4, 0.5) is 4.39 Å². The number of carbonyl (C=O) groups is 2. The number of carbonyl (C=O) groups excluding carboxylic acids is 2. The lowest BCUT2D eigenvalue weighted by Gasteiger charge is -2.08. The van der Waals surface area contributed by atoms with E-state index < -0.39 is 17.7 Å². The van der Waals surface area contributed by atoms with Crippen LogP contribution in [0.1, 0.15) is 39.1 Å². The van der Waals surface area contributed by atoms with Gasteiger partial charge in [0.2, 0.25) is 0 Å². The van der Waals surface area contributed by atoms with E-state index >= 15 is 4.39 Å². The maximum absolute atomic E-state index is 15.6. The Labute approximate surface area is 164 Å². The van der Waals surface area contributed by atoms with Gasteiger partial charge in [0, 0.05) is 21.9 Å². The number of aromatic nitrogens is 2. The van der Waals surface area contributed by atoms with Gasteiger partial charge in [-0.25, -0.2) is 9.18 Å². The molecule has 0 bridgehead atoms. The molecule has 0 fully saturated rings. The van der Waals surface area contributed by atoms with E-state index in [0.717, 1.165) is 0 Å². The molecule has 1 amide bonds. The molecule has 8 heteroatoms. The Bertz CT molecular complexity index is 1280. The number of H-pyrrole nitrogens is 1. The summed E-state index contributed by atoms with van der Waals surface area (Å²) in [5.74, 6) is -1.30. The Morgan fingerprint density at radius 2 is 2.03 bits per heavy atom. The molecule has 0 atom stereocenters. The minimum atomic E-state index is -0.708. The molecule has 0 radical (unpaired) electrons. The van der Waals surface area contributed by atoms with E-state index in [4.69, 9.17) is 15.0 Å². The molecule has 29 heavy (non-hydrogen) atoms. The number of nitrogens with one attached hydrogen (secondary N) is 1. The van der Waals surface area contributed by atoms with Crippen LogP contribution >= 0.6 is 0 Å². The van der Waals surface area contributed by atoms with E-state index in [9.17, 15) is 9.59 Å². The fraction of sp³-hybridized carbons (Fsp3) is 0.190. The minimum Gasteiger partial charge on any atom is -0.462 e. The Morgan fingerprint density at radius 1 is 1.28 bits per heavy atom. The number of nitrogens with two attached hydrogens (primary N) is 1. The molecule has 7 nitrogen and oxygen atoms in total. The van der Waals surface area contributed by atoms with Crippen molar-refractivity contribution in [1.82, 2.24) is 10.1 Å². The number of hydrogen-bond acceptors (Lipinski definition) is 5. The summed E-state index contributed by atoms with van der Waals surface area (Å²) in [6, 6.07) is 6.13. The molecule has 2 aromatic carbocycles. The lowest BCUT2D eigenvalue weighted by atomic mass is 9.96. The predicted molar refractivity (Wildman–Crippen MR) is 105 cm³/mol. The molecule has 3 N–H and O–H groups in total. The Kier molecular flexibility index (Phi) is 4.34. The molecule has 4 aromatic rings. The Hall–Kier alpha value is -3.68. The van der Waals surface area contributed by atoms with Gasteiger partial charge in [-0.05, 0) is 39.0 Å². The summed E-state index contributed by atoms with van der Waals surface area (Å²) < 4.78 is 25.8. The van der Waals surface area contributed by atoms with Gasteiger partial charge in [0.25, 0.3) is 5.91 Å². The Morgan fingerprint density at radius 3 is 2.66 bits per heavy atom. The molecular formula is C21H18FN3O4. The monoisotopic (exact) mass is 395 g/mol. The van der Waals surface area contributed by atoms with Crippen LogP contribution in [0.3, 0.4) is 0 Å². The van der Waals surface area contributed by atoms with Crippen molar-refractivity contribution in [1.29, 1.82) is 0 Å². The molecule has 0 aliphatic heterocycles. The van der Waals surface area contributed by atoms with E-state index in [1.807, 2.05) is 0 Å². The second kappa shape index (κ2) is 6.73. The van der Waals surface area contributed by atoms with Crippen LogP contribution in [-0.2, 0) is 4.74 Å². The molecule has 0 aliphatic rings. The number of fused-ring (bicyclic) bond motifs is 3. The first-order chi connectivity index (χ1) is 13.8. The normalized spacial score (nSPS) is 11.3. The third-order valence-corrected chi connectivity index (χ3v) is 4.89. The number of halogens is 1. The van der Waals surface area contributed by atoms with E-state index in [-0.39, 0.29) is 28.6 Å². The smallest absolute Gasteiger partial charge is 0.338 e. The van der Waals surface area contributed by atoms with E-state index in [1.165, 1.54) is 6.07 Å². The van der Waals surface area contributed by atoms with Crippen molar-refractivity contribution in [2.45, 2.75) is 20.8 Å². The van der Waals surface area contributed by atoms with Crippen molar-refractivity contribution in [3.05, 3.63) is 52.7 Å². The highest BCUT2D eigenvalue weighted by molar-refractivity contribution is 6.17. The summed E-state index contributed by atoms with van der Waals surface area (Å²) in [6.07, 6.45) is 0. The first-order valence-corrected chi connectivity index (χ1v) is 9.01. The van der Waals surface area contributed by atoms with Crippen molar-refractivity contribution in [2.24, 2.45) is 5.73 Å². The standard InChI is InChI=1S/C21H18FN3O4/c1-4-28-21(27)11-5-6-12-15(7-11)24-19-14(20(23)26)8-13(18(22)17(12)19)16-9(2)25-29-10(16)3/h5-8,24H,4H2,1-3H3,(H2,23,26). The molecule has 0 spiro atoms. The van der Waals surface area contributed by atoms with Crippen LogP contribution in [-0.4, -0.2) is 28.6 Å². The highest BCUT2D eigenvalue weighted by Gasteiger charge is 2.24. The van der Waals surface area contributed by atoms with E-state index in [1.54, 1.807) is 39.0 Å². The third kappa shape index (κ3) is 2.84. The summed E-state index contributed by atoms with van der Waals surface area (Å²) in [5.41, 5.74) is 7.93. The lowest BCUT2D eigenvalue weighted by molar-refractivity contribution is 0.0526. The number of ether oxygens (including phenoxy) is 1. The molecule has 0 aliphatic carbocycles. The van der Waals surface area contributed by atoms with Crippen molar-refractivity contribution in [3.63, 3.8) is 0 Å². The number of benzene rings is 2. The highest BCUT2D eigenvalue weighted by Crippen LogP contribution is 2.38. The maximum Gasteiger partial charge on any atom is 0.338 e. The van der Waals surface area contributed by atoms with E-state index in [2.05, 4.69) is 10.1 Å². The summed E-state index contributed by atoms with van der Waals surface area (Å²) in [6.45, 7) is 5.32. The molecule has 0 saturated carbocycles. The average Bonchev–Trinajstić information content (AvgIpc) is 3.22. The van der Waals surface area contributed by atoms with Crippen molar-refractivity contribution in [2.75, 3.05) is 6.61 Å². The van der Waals surface area contributed by atoms with Gasteiger partial charge in [-0.3, -0.25) is 4.79 Å². The van der Waals surface area contributed by atoms with E-state index in [0.29, 0.717) is 33.5 Å². The zero-order valence-electron chi connectivity index (χ0n) is 16.1. The quantitative estimate of drug-likeness (QED) is 0.507. The molecule has 148 valence electrons. The number of aryl methyl sites for hydroxylation is 2. The number of hydrogen-bond donors (Lipinski definition) is 2. The third-order valence-electron chi connectivity index (χ3n) is 4.89. The second-order valence-electron chi connectivity index (χ2n) is 6.70. The number of rotatable bonds is 4.